The minimum absolute atomic E-state index is 0.310. The van der Waals surface area contributed by atoms with Crippen LogP contribution in [0.25, 0.3) is 0 Å². The topological polar surface area (TPSA) is 68.2 Å². The highest BCUT2D eigenvalue weighted by molar-refractivity contribution is 5.32. The van der Waals surface area contributed by atoms with Crippen molar-refractivity contribution in [2.75, 3.05) is 20.3 Å². The van der Waals surface area contributed by atoms with Gasteiger partial charge in [0, 0.05) is 23.5 Å². The summed E-state index contributed by atoms with van der Waals surface area (Å²) in [6, 6.07) is 11.7. The molecule has 5 heteroatoms. The number of aliphatic hydroxyl groups excluding tert-OH is 1. The van der Waals surface area contributed by atoms with Gasteiger partial charge < -0.3 is 19.9 Å². The van der Waals surface area contributed by atoms with E-state index in [1.54, 1.807) is 19.5 Å². The Balaban J connectivity index is 1.64. The third kappa shape index (κ3) is 5.44. The number of hydrogen-bond donors (Lipinski definition) is 2. The second-order valence-electron chi connectivity index (χ2n) is 5.06. The Hall–Kier alpha value is -1.95. The van der Waals surface area contributed by atoms with E-state index in [1.165, 1.54) is 5.56 Å². The van der Waals surface area contributed by atoms with Gasteiger partial charge in [0.1, 0.15) is 24.9 Å². The number of ether oxygens (including phenoxy) is 2. The number of nitrogens with two attached hydrogens (primary N) is 1. The molecule has 1 heterocycles. The van der Waals surface area contributed by atoms with Crippen molar-refractivity contribution in [3.8, 4) is 5.75 Å². The van der Waals surface area contributed by atoms with Crippen LogP contribution in [0.5, 0.6) is 5.75 Å². The second-order valence-corrected chi connectivity index (χ2v) is 5.06. The molecule has 0 radical (unpaired) electrons. The van der Waals surface area contributed by atoms with E-state index in [-0.39, 0.29) is 0 Å². The number of methoxy groups -OCH3 is 1. The zero-order chi connectivity index (χ0) is 15.6. The van der Waals surface area contributed by atoms with Crippen molar-refractivity contribution in [3.05, 3.63) is 59.9 Å². The number of hydrogen-bond acceptors (Lipinski definition) is 4. The highest BCUT2D eigenvalue weighted by Gasteiger charge is 2.08. The number of aliphatic hydroxyl groups is 1. The van der Waals surface area contributed by atoms with E-state index in [0.29, 0.717) is 19.8 Å². The predicted octanol–water partition coefficient (Wildman–Crippen LogP) is 0.731. The molecule has 1 aromatic carbocycles. The van der Waals surface area contributed by atoms with Crippen LogP contribution in [0.1, 0.15) is 11.1 Å². The summed E-state index contributed by atoms with van der Waals surface area (Å²) in [4.78, 5) is 3.98. The molecule has 3 N–H and O–H groups in total. The fourth-order valence-electron chi connectivity index (χ4n) is 2.16. The summed E-state index contributed by atoms with van der Waals surface area (Å²) in [5.41, 5.74) is 2.18. The van der Waals surface area contributed by atoms with Gasteiger partial charge in [-0.05, 0) is 18.2 Å². The maximum atomic E-state index is 9.93. The summed E-state index contributed by atoms with van der Waals surface area (Å²) in [5.74, 6) is 0.807. The summed E-state index contributed by atoms with van der Waals surface area (Å²) < 4.78 is 10.8. The number of quaternary nitrogens is 1. The van der Waals surface area contributed by atoms with Crippen molar-refractivity contribution in [3.63, 3.8) is 0 Å². The quantitative estimate of drug-likeness (QED) is 0.717. The maximum absolute atomic E-state index is 9.93. The van der Waals surface area contributed by atoms with Crippen molar-refractivity contribution < 1.29 is 19.9 Å². The molecule has 1 aromatic heterocycles. The minimum atomic E-state index is -0.489. The first-order valence-electron chi connectivity index (χ1n) is 7.38. The van der Waals surface area contributed by atoms with E-state index in [2.05, 4.69) is 10.3 Å². The molecule has 0 bridgehead atoms. The van der Waals surface area contributed by atoms with Crippen LogP contribution in [-0.4, -0.2) is 36.5 Å². The zero-order valence-corrected chi connectivity index (χ0v) is 12.8. The highest BCUT2D eigenvalue weighted by atomic mass is 16.5. The van der Waals surface area contributed by atoms with E-state index in [0.717, 1.165) is 17.9 Å². The Morgan fingerprint density at radius 3 is 2.73 bits per heavy atom. The Kier molecular flexibility index (Phi) is 6.83. The van der Waals surface area contributed by atoms with Gasteiger partial charge in [-0.25, -0.2) is 0 Å². The van der Waals surface area contributed by atoms with Crippen LogP contribution in [0.15, 0.2) is 48.8 Å². The van der Waals surface area contributed by atoms with Crippen LogP contribution < -0.4 is 10.1 Å². The molecule has 0 unspecified atom stereocenters. The van der Waals surface area contributed by atoms with E-state index in [9.17, 15) is 5.11 Å². The smallest absolute Gasteiger partial charge is 0.126 e. The van der Waals surface area contributed by atoms with E-state index in [1.807, 2.05) is 36.4 Å². The molecular weight excluding hydrogens is 280 g/mol. The van der Waals surface area contributed by atoms with Crippen LogP contribution in [0.3, 0.4) is 0 Å². The summed E-state index contributed by atoms with van der Waals surface area (Å²) >= 11 is 0. The molecule has 0 amide bonds. The normalized spacial score (nSPS) is 12.1. The fraction of sp³-hybridized carbons (Fsp3) is 0.353. The SMILES string of the molecule is COc1ccccc1COC[C@H](O)C[NH2+]Cc1ccncc1. The number of nitrogens with zero attached hydrogens (tertiary/aromatic N) is 1. The molecule has 1 atom stereocenters. The lowest BCUT2D eigenvalue weighted by molar-refractivity contribution is -0.676. The first-order chi connectivity index (χ1) is 10.8. The van der Waals surface area contributed by atoms with Gasteiger partial charge in [0.2, 0.25) is 0 Å². The molecule has 118 valence electrons. The molecule has 0 aliphatic heterocycles. The van der Waals surface area contributed by atoms with Crippen molar-refractivity contribution in [2.24, 2.45) is 0 Å². The molecule has 0 spiro atoms. The van der Waals surface area contributed by atoms with Crippen molar-refractivity contribution in [2.45, 2.75) is 19.3 Å². The van der Waals surface area contributed by atoms with Crippen LogP contribution >= 0.6 is 0 Å². The Morgan fingerprint density at radius 1 is 1.18 bits per heavy atom. The summed E-state index contributed by atoms with van der Waals surface area (Å²) in [6.07, 6.45) is 3.06. The molecule has 0 aliphatic carbocycles. The Bertz CT molecular complexity index is 549. The summed E-state index contributed by atoms with van der Waals surface area (Å²) in [6.45, 7) is 2.18. The summed E-state index contributed by atoms with van der Waals surface area (Å²) in [7, 11) is 1.64. The zero-order valence-electron chi connectivity index (χ0n) is 12.8. The number of benzene rings is 1. The van der Waals surface area contributed by atoms with E-state index in [4.69, 9.17) is 9.47 Å². The molecular formula is C17H23N2O3+. The third-order valence-corrected chi connectivity index (χ3v) is 3.33. The summed E-state index contributed by atoms with van der Waals surface area (Å²) in [5, 5.41) is 12.0. The highest BCUT2D eigenvalue weighted by Crippen LogP contribution is 2.17. The first kappa shape index (κ1) is 16.4. The van der Waals surface area contributed by atoms with Crippen LogP contribution in [-0.2, 0) is 17.9 Å². The van der Waals surface area contributed by atoms with Crippen LogP contribution in [0.2, 0.25) is 0 Å². The lowest BCUT2D eigenvalue weighted by Crippen LogP contribution is -2.85. The molecule has 0 aliphatic rings. The minimum Gasteiger partial charge on any atom is -0.496 e. The first-order valence-corrected chi connectivity index (χ1v) is 7.38. The molecule has 22 heavy (non-hydrogen) atoms. The lowest BCUT2D eigenvalue weighted by Gasteiger charge is -2.12. The average Bonchev–Trinajstić information content (AvgIpc) is 2.56. The molecule has 5 nitrogen and oxygen atoms in total. The number of para-hydroxylation sites is 1. The van der Waals surface area contributed by atoms with Gasteiger partial charge in [-0.2, -0.15) is 0 Å². The number of rotatable bonds is 9. The molecule has 2 rings (SSSR count). The molecule has 2 aromatic rings. The van der Waals surface area contributed by atoms with Gasteiger partial charge >= 0.3 is 0 Å². The molecule has 0 fully saturated rings. The third-order valence-electron chi connectivity index (χ3n) is 3.33. The maximum Gasteiger partial charge on any atom is 0.126 e. The Morgan fingerprint density at radius 2 is 1.95 bits per heavy atom. The van der Waals surface area contributed by atoms with Gasteiger partial charge in [-0.3, -0.25) is 4.98 Å². The number of pyridine rings is 1. The van der Waals surface area contributed by atoms with Crippen LogP contribution in [0, 0.1) is 0 Å². The van der Waals surface area contributed by atoms with Crippen molar-refractivity contribution >= 4 is 0 Å². The van der Waals surface area contributed by atoms with E-state index < -0.39 is 6.10 Å². The van der Waals surface area contributed by atoms with Gasteiger partial charge in [0.15, 0.2) is 0 Å². The van der Waals surface area contributed by atoms with Gasteiger partial charge in [0.05, 0.1) is 20.3 Å². The van der Waals surface area contributed by atoms with Gasteiger partial charge in [0.25, 0.3) is 0 Å². The standard InChI is InChI=1S/C17H22N2O3/c1-21-17-5-3-2-4-15(17)12-22-13-16(20)11-19-10-14-6-8-18-9-7-14/h2-9,16,19-20H,10-13H2,1H3/p+1/t16-/m1/s1. The monoisotopic (exact) mass is 303 g/mol. The van der Waals surface area contributed by atoms with Gasteiger partial charge in [-0.15, -0.1) is 0 Å². The van der Waals surface area contributed by atoms with Crippen molar-refractivity contribution in [1.29, 1.82) is 0 Å². The molecule has 0 saturated heterocycles. The van der Waals surface area contributed by atoms with E-state index >= 15 is 0 Å². The van der Waals surface area contributed by atoms with Gasteiger partial charge in [-0.1, -0.05) is 18.2 Å². The fourth-order valence-corrected chi connectivity index (χ4v) is 2.16. The lowest BCUT2D eigenvalue weighted by atomic mass is 10.2. The number of aromatic nitrogens is 1. The largest absolute Gasteiger partial charge is 0.496 e. The molecule has 0 saturated carbocycles. The Labute approximate surface area is 130 Å². The predicted molar refractivity (Wildman–Crippen MR) is 83.4 cm³/mol. The van der Waals surface area contributed by atoms with Crippen LogP contribution in [0.4, 0.5) is 0 Å². The van der Waals surface area contributed by atoms with Crippen molar-refractivity contribution in [1.82, 2.24) is 4.98 Å². The average molecular weight is 303 g/mol. The second kappa shape index (κ2) is 9.15.